The molecule has 0 unspecified atom stereocenters. The molecule has 0 amide bonds. The van der Waals surface area contributed by atoms with Crippen molar-refractivity contribution in [3.05, 3.63) is 21.0 Å². The highest BCUT2D eigenvalue weighted by atomic mass is 79.9. The zero-order valence-electron chi connectivity index (χ0n) is 12.2. The Morgan fingerprint density at radius 1 is 1.32 bits per heavy atom. The van der Waals surface area contributed by atoms with Gasteiger partial charge in [-0.15, -0.1) is 0 Å². The SMILES string of the molecule is CC(C)CCCNc1cnn(CC(C)C)c(=O)c1Br. The smallest absolute Gasteiger partial charge is 0.283 e. The van der Waals surface area contributed by atoms with Gasteiger partial charge >= 0.3 is 0 Å². The Labute approximate surface area is 123 Å². The fraction of sp³-hybridized carbons (Fsp3) is 0.714. The van der Waals surface area contributed by atoms with Crippen molar-refractivity contribution in [2.75, 3.05) is 11.9 Å². The Morgan fingerprint density at radius 2 is 2.00 bits per heavy atom. The van der Waals surface area contributed by atoms with Gasteiger partial charge in [0.25, 0.3) is 5.56 Å². The number of anilines is 1. The third kappa shape index (κ3) is 5.35. The highest BCUT2D eigenvalue weighted by Gasteiger charge is 2.09. The van der Waals surface area contributed by atoms with E-state index in [9.17, 15) is 4.79 Å². The van der Waals surface area contributed by atoms with Crippen LogP contribution in [-0.4, -0.2) is 16.3 Å². The van der Waals surface area contributed by atoms with Gasteiger partial charge in [-0.1, -0.05) is 27.7 Å². The molecule has 1 heterocycles. The van der Waals surface area contributed by atoms with Gasteiger partial charge < -0.3 is 5.32 Å². The molecule has 1 aromatic rings. The highest BCUT2D eigenvalue weighted by molar-refractivity contribution is 9.10. The first-order valence-corrected chi connectivity index (χ1v) is 7.70. The minimum atomic E-state index is -0.0671. The molecule has 0 aliphatic heterocycles. The van der Waals surface area contributed by atoms with E-state index >= 15 is 0 Å². The molecule has 0 saturated heterocycles. The molecule has 1 N–H and O–H groups in total. The summed E-state index contributed by atoms with van der Waals surface area (Å²) in [5.41, 5.74) is 0.719. The molecule has 0 aliphatic carbocycles. The van der Waals surface area contributed by atoms with Crippen molar-refractivity contribution in [3.63, 3.8) is 0 Å². The molecule has 1 rings (SSSR count). The number of nitrogens with zero attached hydrogens (tertiary/aromatic N) is 2. The first kappa shape index (κ1) is 16.2. The van der Waals surface area contributed by atoms with Crippen molar-refractivity contribution < 1.29 is 0 Å². The first-order valence-electron chi connectivity index (χ1n) is 6.91. The van der Waals surface area contributed by atoms with Crippen molar-refractivity contribution in [2.45, 2.75) is 47.1 Å². The van der Waals surface area contributed by atoms with Gasteiger partial charge in [0.1, 0.15) is 4.47 Å². The minimum absolute atomic E-state index is 0.0671. The summed E-state index contributed by atoms with van der Waals surface area (Å²) in [5.74, 6) is 1.12. The van der Waals surface area contributed by atoms with Gasteiger partial charge in [0, 0.05) is 13.1 Å². The molecule has 0 atom stereocenters. The van der Waals surface area contributed by atoms with Crippen LogP contribution < -0.4 is 10.9 Å². The van der Waals surface area contributed by atoms with E-state index in [2.05, 4.69) is 54.0 Å². The summed E-state index contributed by atoms with van der Waals surface area (Å²) in [5, 5.41) is 7.47. The second-order valence-corrected chi connectivity index (χ2v) is 6.51. The molecular weight excluding hydrogens is 306 g/mol. The van der Waals surface area contributed by atoms with E-state index in [1.54, 1.807) is 6.20 Å². The predicted molar refractivity (Wildman–Crippen MR) is 83.6 cm³/mol. The Bertz CT molecular complexity index is 454. The van der Waals surface area contributed by atoms with E-state index in [0.717, 1.165) is 18.7 Å². The third-order valence-electron chi connectivity index (χ3n) is 2.80. The maximum absolute atomic E-state index is 12.1. The Kier molecular flexibility index (Phi) is 6.55. The van der Waals surface area contributed by atoms with Crippen LogP contribution in [0.3, 0.4) is 0 Å². The maximum Gasteiger partial charge on any atom is 0.283 e. The molecule has 1 aromatic heterocycles. The maximum atomic E-state index is 12.1. The van der Waals surface area contributed by atoms with Crippen LogP contribution >= 0.6 is 15.9 Å². The zero-order chi connectivity index (χ0) is 14.4. The second kappa shape index (κ2) is 7.68. The lowest BCUT2D eigenvalue weighted by atomic mass is 10.1. The summed E-state index contributed by atoms with van der Waals surface area (Å²) >= 11 is 3.37. The molecule has 0 fully saturated rings. The number of nitrogens with one attached hydrogen (secondary N) is 1. The van der Waals surface area contributed by atoms with Crippen molar-refractivity contribution in [1.82, 2.24) is 9.78 Å². The molecule has 0 bridgehead atoms. The van der Waals surface area contributed by atoms with E-state index in [1.807, 2.05) is 0 Å². The van der Waals surface area contributed by atoms with Crippen molar-refractivity contribution in [3.8, 4) is 0 Å². The molecule has 0 aliphatic rings. The van der Waals surface area contributed by atoms with Gasteiger partial charge in [-0.05, 0) is 40.6 Å². The molecular formula is C14H24BrN3O. The molecule has 0 radical (unpaired) electrons. The summed E-state index contributed by atoms with van der Waals surface area (Å²) in [6.45, 7) is 10.1. The van der Waals surface area contributed by atoms with Crippen LogP contribution in [0, 0.1) is 11.8 Å². The van der Waals surface area contributed by atoms with E-state index in [0.29, 0.717) is 22.9 Å². The summed E-state index contributed by atoms with van der Waals surface area (Å²) < 4.78 is 2.08. The van der Waals surface area contributed by atoms with Gasteiger partial charge in [0.2, 0.25) is 0 Å². The average Bonchev–Trinajstić information content (AvgIpc) is 2.32. The number of halogens is 1. The van der Waals surface area contributed by atoms with Crippen LogP contribution in [0.4, 0.5) is 5.69 Å². The Balaban J connectivity index is 2.66. The second-order valence-electron chi connectivity index (χ2n) is 5.72. The molecule has 5 heteroatoms. The van der Waals surface area contributed by atoms with Crippen molar-refractivity contribution in [1.29, 1.82) is 0 Å². The standard InChI is InChI=1S/C14H24BrN3O/c1-10(2)6-5-7-16-12-8-17-18(9-11(3)4)14(19)13(12)15/h8,10-11,16H,5-7,9H2,1-4H3. The normalized spacial score (nSPS) is 11.3. The van der Waals surface area contributed by atoms with Gasteiger partial charge in [0.15, 0.2) is 0 Å². The topological polar surface area (TPSA) is 46.9 Å². The number of aromatic nitrogens is 2. The van der Waals surface area contributed by atoms with Crippen LogP contribution in [0.2, 0.25) is 0 Å². The molecule has 108 valence electrons. The average molecular weight is 330 g/mol. The Morgan fingerprint density at radius 3 is 2.58 bits per heavy atom. The fourth-order valence-corrected chi connectivity index (χ4v) is 2.24. The van der Waals surface area contributed by atoms with Gasteiger partial charge in [0.05, 0.1) is 11.9 Å². The lowest BCUT2D eigenvalue weighted by Crippen LogP contribution is -2.26. The van der Waals surface area contributed by atoms with E-state index in [1.165, 1.54) is 11.1 Å². The van der Waals surface area contributed by atoms with Crippen LogP contribution in [-0.2, 0) is 6.54 Å². The van der Waals surface area contributed by atoms with Crippen LogP contribution in [0.5, 0.6) is 0 Å². The number of hydrogen-bond donors (Lipinski definition) is 1. The fourth-order valence-electron chi connectivity index (χ4n) is 1.80. The van der Waals surface area contributed by atoms with E-state index in [4.69, 9.17) is 0 Å². The number of rotatable bonds is 7. The highest BCUT2D eigenvalue weighted by Crippen LogP contribution is 2.16. The van der Waals surface area contributed by atoms with Crippen LogP contribution in [0.25, 0.3) is 0 Å². The van der Waals surface area contributed by atoms with Crippen molar-refractivity contribution >= 4 is 21.6 Å². The summed E-state index contributed by atoms with van der Waals surface area (Å²) in [6, 6.07) is 0. The zero-order valence-corrected chi connectivity index (χ0v) is 13.8. The van der Waals surface area contributed by atoms with Gasteiger partial charge in [-0.25, -0.2) is 4.68 Å². The lowest BCUT2D eigenvalue weighted by Gasteiger charge is -2.12. The largest absolute Gasteiger partial charge is 0.383 e. The lowest BCUT2D eigenvalue weighted by molar-refractivity contribution is 0.462. The monoisotopic (exact) mass is 329 g/mol. The number of hydrogen-bond acceptors (Lipinski definition) is 3. The summed E-state index contributed by atoms with van der Waals surface area (Å²) in [6.07, 6.45) is 4.00. The van der Waals surface area contributed by atoms with Gasteiger partial charge in [-0.3, -0.25) is 4.79 Å². The summed E-state index contributed by atoms with van der Waals surface area (Å²) in [7, 11) is 0. The van der Waals surface area contributed by atoms with Gasteiger partial charge in [-0.2, -0.15) is 5.10 Å². The van der Waals surface area contributed by atoms with Crippen molar-refractivity contribution in [2.24, 2.45) is 11.8 Å². The van der Waals surface area contributed by atoms with E-state index in [-0.39, 0.29) is 5.56 Å². The quantitative estimate of drug-likeness (QED) is 0.778. The van der Waals surface area contributed by atoms with Crippen LogP contribution in [0.15, 0.2) is 15.5 Å². The molecule has 0 saturated carbocycles. The molecule has 0 aromatic carbocycles. The first-order chi connectivity index (χ1) is 8.91. The molecule has 19 heavy (non-hydrogen) atoms. The predicted octanol–water partition coefficient (Wildman–Crippen LogP) is 3.51. The molecule has 0 spiro atoms. The minimum Gasteiger partial charge on any atom is -0.383 e. The van der Waals surface area contributed by atoms with Crippen LogP contribution in [0.1, 0.15) is 40.5 Å². The Hall–Kier alpha value is -0.840. The summed E-state index contributed by atoms with van der Waals surface area (Å²) in [4.78, 5) is 12.1. The van der Waals surface area contributed by atoms with E-state index < -0.39 is 0 Å². The molecule has 4 nitrogen and oxygen atoms in total. The third-order valence-corrected chi connectivity index (χ3v) is 3.56.